The van der Waals surface area contributed by atoms with E-state index in [0.717, 1.165) is 71.9 Å². The minimum atomic E-state index is -3.99. The minimum absolute atomic E-state index is 0.218. The summed E-state index contributed by atoms with van der Waals surface area (Å²) in [5.74, 6) is 0.922. The number of aromatic nitrogens is 4. The third-order valence-corrected chi connectivity index (χ3v) is 13.5. The summed E-state index contributed by atoms with van der Waals surface area (Å²) in [4.78, 5) is 15.4. The van der Waals surface area contributed by atoms with Crippen molar-refractivity contribution < 1.29 is 4.57 Å². The third kappa shape index (κ3) is 4.76. The first-order valence-electron chi connectivity index (χ1n) is 18.7. The monoisotopic (exact) mass is 737 g/mol. The maximum atomic E-state index is 17.3. The van der Waals surface area contributed by atoms with Crippen LogP contribution < -0.4 is 15.5 Å². The first-order chi connectivity index (χ1) is 27.7. The van der Waals surface area contributed by atoms with Gasteiger partial charge in [-0.15, -0.1) is 0 Å². The van der Waals surface area contributed by atoms with E-state index >= 15 is 4.57 Å². The standard InChI is InChI=1S/C49H32N5OP/c55-56(49-51-47(33-19-5-1-6-20-33)50-48(52-49)34-21-7-2-8-22-34)42-32-18-16-30-40(42)44-38-28-14-13-27-37(38)43-39-29-15-17-31-41(39)53(35-23-9-3-10-24-35)45(43)46(44)54(56)36-25-11-4-12-26-36/h1-32H. The Morgan fingerprint density at radius 3 is 1.59 bits per heavy atom. The Morgan fingerprint density at radius 1 is 0.446 bits per heavy atom. The molecule has 7 heteroatoms. The Balaban J connectivity index is 1.36. The fourth-order valence-electron chi connectivity index (χ4n) is 8.41. The number of hydrogen-bond acceptors (Lipinski definition) is 4. The molecule has 10 aromatic rings. The summed E-state index contributed by atoms with van der Waals surface area (Å²) in [7, 11) is -3.99. The summed E-state index contributed by atoms with van der Waals surface area (Å²) in [5, 5.41) is 5.09. The Bertz CT molecular complexity index is 3110. The molecular weight excluding hydrogens is 706 g/mol. The highest BCUT2D eigenvalue weighted by atomic mass is 31.2. The van der Waals surface area contributed by atoms with E-state index in [1.54, 1.807) is 0 Å². The molecule has 56 heavy (non-hydrogen) atoms. The van der Waals surface area contributed by atoms with Crippen molar-refractivity contribution in [1.82, 2.24) is 19.5 Å². The summed E-state index contributed by atoms with van der Waals surface area (Å²) in [6, 6.07) is 65.6. The lowest BCUT2D eigenvalue weighted by molar-refractivity contribution is 0.585. The molecule has 3 heterocycles. The van der Waals surface area contributed by atoms with Crippen molar-refractivity contribution in [2.24, 2.45) is 0 Å². The molecule has 2 aromatic heterocycles. The lowest BCUT2D eigenvalue weighted by Gasteiger charge is -2.40. The van der Waals surface area contributed by atoms with Gasteiger partial charge in [-0.2, -0.15) is 0 Å². The SMILES string of the molecule is O=P1(c2nc(-c3ccccc3)nc(-c3ccccc3)n2)c2ccccc2-c2c(c3c(c4ccccc24)c2ccccc2n3-c2ccccc2)N1c1ccccc1. The molecule has 1 aliphatic heterocycles. The van der Waals surface area contributed by atoms with E-state index in [1.807, 2.05) is 115 Å². The van der Waals surface area contributed by atoms with Gasteiger partial charge in [-0.1, -0.05) is 158 Å². The molecule has 0 saturated carbocycles. The number of hydrogen-bond donors (Lipinski definition) is 0. The van der Waals surface area contributed by atoms with Gasteiger partial charge in [0.25, 0.3) is 7.29 Å². The van der Waals surface area contributed by atoms with Crippen LogP contribution in [0.4, 0.5) is 11.4 Å². The lowest BCUT2D eigenvalue weighted by atomic mass is 9.92. The van der Waals surface area contributed by atoms with Crippen LogP contribution in [-0.4, -0.2) is 19.5 Å². The average molecular weight is 738 g/mol. The molecule has 0 amide bonds. The van der Waals surface area contributed by atoms with Crippen molar-refractivity contribution in [1.29, 1.82) is 0 Å². The molecule has 1 atom stereocenters. The second kappa shape index (κ2) is 12.7. The first kappa shape index (κ1) is 32.3. The van der Waals surface area contributed by atoms with E-state index in [2.05, 4.69) is 88.1 Å². The van der Waals surface area contributed by atoms with Crippen LogP contribution in [0.3, 0.4) is 0 Å². The van der Waals surface area contributed by atoms with E-state index in [9.17, 15) is 0 Å². The molecule has 0 spiro atoms. The Labute approximate surface area is 323 Å². The van der Waals surface area contributed by atoms with Crippen molar-refractivity contribution >= 4 is 62.1 Å². The molecule has 0 saturated heterocycles. The number of benzene rings is 8. The average Bonchev–Trinajstić information content (AvgIpc) is 3.63. The van der Waals surface area contributed by atoms with Gasteiger partial charge in [0.2, 0.25) is 5.57 Å². The normalized spacial score (nSPS) is 14.9. The van der Waals surface area contributed by atoms with Gasteiger partial charge in [0.05, 0.1) is 16.7 Å². The van der Waals surface area contributed by atoms with E-state index < -0.39 is 7.29 Å². The van der Waals surface area contributed by atoms with Gasteiger partial charge in [-0.25, -0.2) is 15.0 Å². The highest BCUT2D eigenvalue weighted by molar-refractivity contribution is 7.80. The quantitative estimate of drug-likeness (QED) is 0.165. The number of fused-ring (bicyclic) bond motifs is 10. The van der Waals surface area contributed by atoms with Crippen LogP contribution in [0.15, 0.2) is 194 Å². The van der Waals surface area contributed by atoms with E-state index in [-0.39, 0.29) is 5.57 Å². The van der Waals surface area contributed by atoms with Gasteiger partial charge in [0, 0.05) is 44.1 Å². The van der Waals surface area contributed by atoms with E-state index in [4.69, 9.17) is 15.0 Å². The number of anilines is 2. The zero-order chi connectivity index (χ0) is 37.2. The number of para-hydroxylation sites is 3. The Kier molecular flexibility index (Phi) is 7.34. The fraction of sp³-hybridized carbons (Fsp3) is 0. The minimum Gasteiger partial charge on any atom is -0.307 e. The summed E-state index contributed by atoms with van der Waals surface area (Å²) >= 11 is 0. The number of rotatable bonds is 5. The fourth-order valence-corrected chi connectivity index (χ4v) is 11.2. The molecule has 11 rings (SSSR count). The van der Waals surface area contributed by atoms with Crippen molar-refractivity contribution in [3.8, 4) is 39.6 Å². The molecule has 8 aromatic carbocycles. The molecule has 6 nitrogen and oxygen atoms in total. The van der Waals surface area contributed by atoms with Crippen LogP contribution in [0.1, 0.15) is 0 Å². The van der Waals surface area contributed by atoms with Crippen molar-refractivity contribution in [3.05, 3.63) is 194 Å². The molecule has 1 unspecified atom stereocenters. The highest BCUT2D eigenvalue weighted by Crippen LogP contribution is 2.64. The van der Waals surface area contributed by atoms with Gasteiger partial charge in [-0.05, 0) is 52.7 Å². The van der Waals surface area contributed by atoms with Crippen molar-refractivity contribution in [2.75, 3.05) is 4.67 Å². The largest absolute Gasteiger partial charge is 0.307 e. The molecule has 0 bridgehead atoms. The topological polar surface area (TPSA) is 63.9 Å². The zero-order valence-corrected chi connectivity index (χ0v) is 31.0. The first-order valence-corrected chi connectivity index (χ1v) is 20.3. The second-order valence-corrected chi connectivity index (χ2v) is 16.4. The molecule has 0 radical (unpaired) electrons. The molecule has 0 aliphatic carbocycles. The van der Waals surface area contributed by atoms with Crippen molar-refractivity contribution in [3.63, 3.8) is 0 Å². The van der Waals surface area contributed by atoms with E-state index in [1.165, 1.54) is 0 Å². The van der Waals surface area contributed by atoms with Crippen molar-refractivity contribution in [2.45, 2.75) is 0 Å². The summed E-state index contributed by atoms with van der Waals surface area (Å²) < 4.78 is 21.7. The third-order valence-electron chi connectivity index (χ3n) is 10.8. The van der Waals surface area contributed by atoms with Crippen LogP contribution in [0, 0.1) is 0 Å². The van der Waals surface area contributed by atoms with Gasteiger partial charge in [0.15, 0.2) is 11.6 Å². The zero-order valence-electron chi connectivity index (χ0n) is 30.1. The predicted octanol–water partition coefficient (Wildman–Crippen LogP) is 11.5. The summed E-state index contributed by atoms with van der Waals surface area (Å²) in [6.07, 6.45) is 0. The number of nitrogens with zero attached hydrogens (tertiary/aromatic N) is 5. The second-order valence-electron chi connectivity index (χ2n) is 13.9. The van der Waals surface area contributed by atoms with Gasteiger partial charge < -0.3 is 4.57 Å². The highest BCUT2D eigenvalue weighted by Gasteiger charge is 2.48. The molecule has 1 aliphatic rings. The van der Waals surface area contributed by atoms with Crippen LogP contribution in [-0.2, 0) is 4.57 Å². The molecule has 0 N–H and O–H groups in total. The maximum absolute atomic E-state index is 17.3. The van der Waals surface area contributed by atoms with Crippen LogP contribution in [0.25, 0.3) is 72.2 Å². The molecule has 264 valence electrons. The Hall–Kier alpha value is -7.14. The molecule has 0 fully saturated rings. The summed E-state index contributed by atoms with van der Waals surface area (Å²) in [6.45, 7) is 0. The van der Waals surface area contributed by atoms with Crippen LogP contribution in [0.5, 0.6) is 0 Å². The maximum Gasteiger partial charge on any atom is 0.270 e. The van der Waals surface area contributed by atoms with E-state index in [0.29, 0.717) is 17.0 Å². The Morgan fingerprint density at radius 2 is 0.946 bits per heavy atom. The van der Waals surface area contributed by atoms with Crippen LogP contribution >= 0.6 is 7.29 Å². The van der Waals surface area contributed by atoms with Crippen LogP contribution in [0.2, 0.25) is 0 Å². The summed E-state index contributed by atoms with van der Waals surface area (Å²) in [5.41, 5.74) is 8.40. The van der Waals surface area contributed by atoms with Gasteiger partial charge in [0.1, 0.15) is 0 Å². The van der Waals surface area contributed by atoms with Gasteiger partial charge >= 0.3 is 0 Å². The molecular formula is C49H32N5OP. The van der Waals surface area contributed by atoms with Gasteiger partial charge in [-0.3, -0.25) is 9.24 Å². The smallest absolute Gasteiger partial charge is 0.270 e. The predicted molar refractivity (Wildman–Crippen MR) is 230 cm³/mol. The lowest BCUT2D eigenvalue weighted by Crippen LogP contribution is -2.37.